The lowest BCUT2D eigenvalue weighted by Crippen LogP contribution is -2.43. The van der Waals surface area contributed by atoms with Crippen molar-refractivity contribution in [2.45, 2.75) is 52.9 Å². The van der Waals surface area contributed by atoms with Crippen LogP contribution in [0.25, 0.3) is 0 Å². The monoisotopic (exact) mass is 199 g/mol. The Bertz CT molecular complexity index is 207. The summed E-state index contributed by atoms with van der Waals surface area (Å²) in [5.41, 5.74) is 4.40. The van der Waals surface area contributed by atoms with E-state index in [0.717, 1.165) is 12.8 Å². The van der Waals surface area contributed by atoms with Crippen molar-refractivity contribution in [3.05, 3.63) is 0 Å². The van der Waals surface area contributed by atoms with Crippen LogP contribution in [0.3, 0.4) is 0 Å². The van der Waals surface area contributed by atoms with Gasteiger partial charge in [-0.05, 0) is 19.3 Å². The third-order valence-electron chi connectivity index (χ3n) is 2.97. The number of carbonyl (C=O) groups is 2. The zero-order valence-electron chi connectivity index (χ0n) is 9.43. The number of Topliss-reactive ketones (excluding diaryl/α,β-unsaturated/α-hetero) is 1. The van der Waals surface area contributed by atoms with Crippen molar-refractivity contribution in [3.63, 3.8) is 0 Å². The van der Waals surface area contributed by atoms with Crippen LogP contribution in [-0.2, 0) is 9.59 Å². The van der Waals surface area contributed by atoms with Gasteiger partial charge in [-0.25, -0.2) is 0 Å². The van der Waals surface area contributed by atoms with Gasteiger partial charge in [0.15, 0.2) is 0 Å². The van der Waals surface area contributed by atoms with E-state index in [0.29, 0.717) is 19.3 Å². The first-order valence-electron chi connectivity index (χ1n) is 5.38. The Morgan fingerprint density at radius 2 is 1.64 bits per heavy atom. The first-order chi connectivity index (χ1) is 6.55. The van der Waals surface area contributed by atoms with Gasteiger partial charge in [0.2, 0.25) is 5.91 Å². The van der Waals surface area contributed by atoms with Crippen molar-refractivity contribution < 1.29 is 9.59 Å². The van der Waals surface area contributed by atoms with Crippen LogP contribution in [0.15, 0.2) is 0 Å². The van der Waals surface area contributed by atoms with Crippen LogP contribution >= 0.6 is 0 Å². The van der Waals surface area contributed by atoms with E-state index < -0.39 is 11.3 Å². The van der Waals surface area contributed by atoms with Crippen LogP contribution in [0.2, 0.25) is 0 Å². The number of hydrogen-bond donors (Lipinski definition) is 1. The van der Waals surface area contributed by atoms with E-state index in [4.69, 9.17) is 5.73 Å². The average Bonchev–Trinajstić information content (AvgIpc) is 2.17. The molecule has 0 aromatic carbocycles. The molecule has 0 unspecified atom stereocenters. The van der Waals surface area contributed by atoms with Crippen molar-refractivity contribution in [1.29, 1.82) is 0 Å². The van der Waals surface area contributed by atoms with E-state index in [1.165, 1.54) is 0 Å². The lowest BCUT2D eigenvalue weighted by atomic mass is 9.76. The van der Waals surface area contributed by atoms with E-state index in [1.807, 2.05) is 20.8 Å². The summed E-state index contributed by atoms with van der Waals surface area (Å²) in [5, 5.41) is 0. The summed E-state index contributed by atoms with van der Waals surface area (Å²) >= 11 is 0. The van der Waals surface area contributed by atoms with E-state index in [1.54, 1.807) is 0 Å². The van der Waals surface area contributed by atoms with Gasteiger partial charge in [0, 0.05) is 6.42 Å². The fourth-order valence-corrected chi connectivity index (χ4v) is 1.71. The Hall–Kier alpha value is -0.860. The predicted octanol–water partition coefficient (Wildman–Crippen LogP) is 2.04. The Morgan fingerprint density at radius 1 is 1.14 bits per heavy atom. The Labute approximate surface area is 86.1 Å². The average molecular weight is 199 g/mol. The maximum absolute atomic E-state index is 11.8. The molecule has 0 heterocycles. The SMILES string of the molecule is CCCCC(=O)C(CC)(CC)C(N)=O. The minimum atomic E-state index is -0.908. The molecule has 82 valence electrons. The number of primary amides is 1. The minimum absolute atomic E-state index is 0.0110. The molecule has 14 heavy (non-hydrogen) atoms. The smallest absolute Gasteiger partial charge is 0.231 e. The fourth-order valence-electron chi connectivity index (χ4n) is 1.71. The quantitative estimate of drug-likeness (QED) is 0.638. The second-order valence-corrected chi connectivity index (χ2v) is 3.68. The van der Waals surface area contributed by atoms with Gasteiger partial charge in [-0.3, -0.25) is 9.59 Å². The summed E-state index contributed by atoms with van der Waals surface area (Å²) in [7, 11) is 0. The summed E-state index contributed by atoms with van der Waals surface area (Å²) in [6.45, 7) is 5.72. The van der Waals surface area contributed by atoms with Gasteiger partial charge in [0.1, 0.15) is 11.2 Å². The molecule has 3 nitrogen and oxygen atoms in total. The van der Waals surface area contributed by atoms with Gasteiger partial charge >= 0.3 is 0 Å². The standard InChI is InChI=1S/C11H21NO2/c1-4-7-8-9(13)11(5-2,6-3)10(12)14/h4-8H2,1-3H3,(H2,12,14). The van der Waals surface area contributed by atoms with E-state index in [2.05, 4.69) is 0 Å². The summed E-state index contributed by atoms with van der Waals surface area (Å²) in [5.74, 6) is -0.458. The first-order valence-corrected chi connectivity index (χ1v) is 5.38. The molecule has 0 bridgehead atoms. The van der Waals surface area contributed by atoms with Gasteiger partial charge < -0.3 is 5.73 Å². The third kappa shape index (κ3) is 2.56. The predicted molar refractivity (Wildman–Crippen MR) is 56.7 cm³/mol. The molecular formula is C11H21NO2. The number of ketones is 1. The molecule has 0 aromatic rings. The highest BCUT2D eigenvalue weighted by Crippen LogP contribution is 2.29. The van der Waals surface area contributed by atoms with Crippen LogP contribution in [0, 0.1) is 5.41 Å². The van der Waals surface area contributed by atoms with Crippen molar-refractivity contribution in [3.8, 4) is 0 Å². The molecule has 0 aromatic heterocycles. The number of nitrogens with two attached hydrogens (primary N) is 1. The molecule has 0 radical (unpaired) electrons. The van der Waals surface area contributed by atoms with E-state index in [9.17, 15) is 9.59 Å². The Balaban J connectivity index is 4.63. The molecule has 0 saturated carbocycles. The summed E-state index contributed by atoms with van der Waals surface area (Å²) in [6, 6.07) is 0. The number of unbranched alkanes of at least 4 members (excludes halogenated alkanes) is 1. The number of amides is 1. The molecule has 0 fully saturated rings. The summed E-state index contributed by atoms with van der Waals surface area (Å²) < 4.78 is 0. The van der Waals surface area contributed by atoms with Gasteiger partial charge in [-0.1, -0.05) is 27.2 Å². The molecule has 2 N–H and O–H groups in total. The molecule has 1 amide bonds. The first kappa shape index (κ1) is 13.1. The normalized spacial score (nSPS) is 11.4. The number of carbonyl (C=O) groups excluding carboxylic acids is 2. The van der Waals surface area contributed by atoms with Crippen LogP contribution in [-0.4, -0.2) is 11.7 Å². The van der Waals surface area contributed by atoms with Gasteiger partial charge in [0.25, 0.3) is 0 Å². The zero-order valence-corrected chi connectivity index (χ0v) is 9.43. The van der Waals surface area contributed by atoms with Crippen molar-refractivity contribution in [2.75, 3.05) is 0 Å². The zero-order chi connectivity index (χ0) is 11.2. The van der Waals surface area contributed by atoms with Crippen molar-refractivity contribution >= 4 is 11.7 Å². The molecule has 0 aliphatic rings. The number of hydrogen-bond acceptors (Lipinski definition) is 2. The molecule has 0 spiro atoms. The molecule has 0 saturated heterocycles. The van der Waals surface area contributed by atoms with E-state index >= 15 is 0 Å². The van der Waals surface area contributed by atoms with Gasteiger partial charge in [-0.15, -0.1) is 0 Å². The van der Waals surface area contributed by atoms with Crippen LogP contribution < -0.4 is 5.73 Å². The van der Waals surface area contributed by atoms with Crippen LogP contribution in [0.1, 0.15) is 52.9 Å². The van der Waals surface area contributed by atoms with Crippen LogP contribution in [0.4, 0.5) is 0 Å². The minimum Gasteiger partial charge on any atom is -0.369 e. The Morgan fingerprint density at radius 3 is 1.93 bits per heavy atom. The topological polar surface area (TPSA) is 60.2 Å². The maximum Gasteiger partial charge on any atom is 0.231 e. The second-order valence-electron chi connectivity index (χ2n) is 3.68. The molecular weight excluding hydrogens is 178 g/mol. The fraction of sp³-hybridized carbons (Fsp3) is 0.818. The second kappa shape index (κ2) is 5.78. The molecule has 0 atom stereocenters. The van der Waals surface area contributed by atoms with Gasteiger partial charge in [0.05, 0.1) is 0 Å². The van der Waals surface area contributed by atoms with E-state index in [-0.39, 0.29) is 5.78 Å². The molecule has 0 aliphatic heterocycles. The summed E-state index contributed by atoms with van der Waals surface area (Å²) in [6.07, 6.45) is 3.31. The maximum atomic E-state index is 11.8. The lowest BCUT2D eigenvalue weighted by molar-refractivity contribution is -0.141. The Kier molecular flexibility index (Phi) is 5.43. The highest BCUT2D eigenvalue weighted by Gasteiger charge is 2.39. The highest BCUT2D eigenvalue weighted by molar-refractivity contribution is 6.05. The largest absolute Gasteiger partial charge is 0.369 e. The number of rotatable bonds is 7. The molecule has 0 aliphatic carbocycles. The van der Waals surface area contributed by atoms with Gasteiger partial charge in [-0.2, -0.15) is 0 Å². The highest BCUT2D eigenvalue weighted by atomic mass is 16.2. The summed E-state index contributed by atoms with van der Waals surface area (Å²) in [4.78, 5) is 23.1. The molecule has 0 rings (SSSR count). The van der Waals surface area contributed by atoms with Crippen molar-refractivity contribution in [2.24, 2.45) is 11.1 Å². The van der Waals surface area contributed by atoms with Crippen molar-refractivity contribution in [1.82, 2.24) is 0 Å². The molecule has 3 heteroatoms. The van der Waals surface area contributed by atoms with Crippen LogP contribution in [0.5, 0.6) is 0 Å². The third-order valence-corrected chi connectivity index (χ3v) is 2.97. The lowest BCUT2D eigenvalue weighted by Gasteiger charge is -2.26.